The summed E-state index contributed by atoms with van der Waals surface area (Å²) < 4.78 is 0. The molecule has 0 aliphatic heterocycles. The number of phenols is 3. The third kappa shape index (κ3) is 16.2. The monoisotopic (exact) mass is 849 g/mol. The molecular weight excluding hydrogens is 798 g/mol. The number of hydrogen-bond donors (Lipinski definition) is 12. The molecule has 0 aromatic heterocycles. The number of benzene rings is 3. The van der Waals surface area contributed by atoms with E-state index < -0.39 is 103 Å². The Labute approximate surface area is 350 Å². The number of carbonyl (C=O) groups is 8. The van der Waals surface area contributed by atoms with Crippen LogP contribution in [0.4, 0.5) is 0 Å². The van der Waals surface area contributed by atoms with E-state index in [-0.39, 0.29) is 36.5 Å². The van der Waals surface area contributed by atoms with Crippen LogP contribution in [0.25, 0.3) is 0 Å². The average Bonchev–Trinajstić information content (AvgIpc) is 3.19. The van der Waals surface area contributed by atoms with Crippen LogP contribution in [-0.4, -0.2) is 116 Å². The van der Waals surface area contributed by atoms with E-state index in [0.717, 1.165) is 0 Å². The lowest BCUT2D eigenvalue weighted by Crippen LogP contribution is -2.60. The number of nitrogens with one attached hydrogen (secondary N) is 6. The molecule has 0 heterocycles. The highest BCUT2D eigenvalue weighted by molar-refractivity contribution is 5.97. The van der Waals surface area contributed by atoms with Crippen molar-refractivity contribution in [2.24, 2.45) is 11.7 Å². The lowest BCUT2D eigenvalue weighted by atomic mass is 10.0. The van der Waals surface area contributed by atoms with Crippen molar-refractivity contribution in [2.75, 3.05) is 6.54 Å². The molecule has 0 bridgehead atoms. The van der Waals surface area contributed by atoms with Gasteiger partial charge in [0.2, 0.25) is 35.4 Å². The number of amides is 6. The molecule has 0 unspecified atom stereocenters. The van der Waals surface area contributed by atoms with Gasteiger partial charge in [-0.1, -0.05) is 50.2 Å². The maximum Gasteiger partial charge on any atom is 0.326 e. The van der Waals surface area contributed by atoms with E-state index in [9.17, 15) is 63.9 Å². The topological polar surface area (TPSA) is 336 Å². The number of nitrogens with two attached hydrogens (primary N) is 1. The van der Waals surface area contributed by atoms with E-state index in [1.54, 1.807) is 26.0 Å². The molecule has 328 valence electrons. The third-order valence-corrected chi connectivity index (χ3v) is 9.18. The van der Waals surface area contributed by atoms with Gasteiger partial charge in [0.05, 0.1) is 19.0 Å². The van der Waals surface area contributed by atoms with Crippen molar-refractivity contribution < 1.29 is 63.9 Å². The molecule has 0 radical (unpaired) electrons. The van der Waals surface area contributed by atoms with Crippen LogP contribution in [-0.2, 0) is 57.6 Å². The molecule has 0 aliphatic carbocycles. The second-order valence-electron chi connectivity index (χ2n) is 14.6. The summed E-state index contributed by atoms with van der Waals surface area (Å²) in [4.78, 5) is 103. The second-order valence-corrected chi connectivity index (χ2v) is 14.6. The Bertz CT molecular complexity index is 2030. The van der Waals surface area contributed by atoms with E-state index in [0.29, 0.717) is 16.7 Å². The van der Waals surface area contributed by atoms with Crippen LogP contribution in [0.2, 0.25) is 0 Å². The summed E-state index contributed by atoms with van der Waals surface area (Å²) in [5.41, 5.74) is 7.57. The normalized spacial score (nSPS) is 13.9. The number of aromatic hydroxyl groups is 3. The first-order chi connectivity index (χ1) is 28.7. The summed E-state index contributed by atoms with van der Waals surface area (Å²) in [7, 11) is 0. The summed E-state index contributed by atoms with van der Waals surface area (Å²) in [6.45, 7) is 3.80. The molecule has 61 heavy (non-hydrogen) atoms. The maximum atomic E-state index is 13.6. The maximum absolute atomic E-state index is 13.6. The number of aliphatic carboxylic acids is 2. The van der Waals surface area contributed by atoms with Gasteiger partial charge in [0.15, 0.2) is 0 Å². The fourth-order valence-corrected chi connectivity index (χ4v) is 5.78. The molecule has 20 nitrogen and oxygen atoms in total. The minimum absolute atomic E-state index is 0.0349. The molecule has 3 rings (SSSR count). The Hall–Kier alpha value is -7.22. The molecule has 6 amide bonds. The van der Waals surface area contributed by atoms with E-state index in [2.05, 4.69) is 31.9 Å². The Morgan fingerprint density at radius 1 is 0.525 bits per heavy atom. The summed E-state index contributed by atoms with van der Waals surface area (Å²) in [6, 6.07) is 8.86. The predicted octanol–water partition coefficient (Wildman–Crippen LogP) is -1.07. The number of carboxylic acids is 2. The molecule has 6 atom stereocenters. The van der Waals surface area contributed by atoms with Crippen molar-refractivity contribution in [1.29, 1.82) is 0 Å². The molecule has 0 aliphatic rings. The van der Waals surface area contributed by atoms with Gasteiger partial charge in [0.25, 0.3) is 0 Å². The zero-order valence-electron chi connectivity index (χ0n) is 33.6. The first-order valence-corrected chi connectivity index (χ1v) is 19.0. The third-order valence-electron chi connectivity index (χ3n) is 9.18. The van der Waals surface area contributed by atoms with Crippen LogP contribution in [0, 0.1) is 5.92 Å². The van der Waals surface area contributed by atoms with Crippen LogP contribution in [0.1, 0.15) is 43.9 Å². The molecular formula is C41H51N7O13. The Balaban J connectivity index is 1.67. The fourth-order valence-electron chi connectivity index (χ4n) is 5.78. The number of phenolic OH excluding ortho intramolecular Hbond substituents is 3. The largest absolute Gasteiger partial charge is 0.508 e. The Morgan fingerprint density at radius 2 is 0.967 bits per heavy atom. The van der Waals surface area contributed by atoms with Crippen LogP contribution >= 0.6 is 0 Å². The predicted molar refractivity (Wildman–Crippen MR) is 216 cm³/mol. The number of carboxylic acid groups (broad SMARTS) is 2. The molecule has 3 aromatic carbocycles. The number of rotatable bonds is 22. The zero-order chi connectivity index (χ0) is 45.4. The highest BCUT2D eigenvalue weighted by Crippen LogP contribution is 2.14. The van der Waals surface area contributed by atoms with Crippen molar-refractivity contribution >= 4 is 47.4 Å². The van der Waals surface area contributed by atoms with E-state index >= 15 is 0 Å². The number of hydrogen-bond acceptors (Lipinski definition) is 12. The summed E-state index contributed by atoms with van der Waals surface area (Å²) in [5.74, 6) is -9.01. The molecule has 0 saturated heterocycles. The van der Waals surface area contributed by atoms with E-state index in [1.807, 2.05) is 0 Å². The Kier molecular flexibility index (Phi) is 18.0. The lowest BCUT2D eigenvalue weighted by Gasteiger charge is -2.27. The minimum atomic E-state index is -1.77. The summed E-state index contributed by atoms with van der Waals surface area (Å²) >= 11 is 0. The van der Waals surface area contributed by atoms with Gasteiger partial charge in [-0.3, -0.25) is 33.6 Å². The highest BCUT2D eigenvalue weighted by atomic mass is 16.4. The van der Waals surface area contributed by atoms with Crippen molar-refractivity contribution in [3.05, 3.63) is 89.5 Å². The average molecular weight is 850 g/mol. The standard InChI is InChI=1S/C41H51N7O13/c1-21(2)35(40(59)46-31(19-34(53)54)39(58)47-32(41(60)61)18-25-8-14-28(51)15-9-25)48-36(55)22(3)44-38(57)30(17-24-6-12-27(50)13-7-24)45-33(52)20-43-37(56)29(42)16-23-4-10-26(49)11-5-23/h4-15,21-22,29-32,35,49-51H,16-20,42H2,1-3H3,(H,43,56)(H,44,57)(H,45,52)(H,46,59)(H,47,58)(H,48,55)(H,53,54)(H,60,61)/t22-,29-,30-,31-,32-,35-/m0/s1. The van der Waals surface area contributed by atoms with Crippen LogP contribution in [0.15, 0.2) is 72.8 Å². The minimum Gasteiger partial charge on any atom is -0.508 e. The van der Waals surface area contributed by atoms with E-state index in [1.165, 1.54) is 67.6 Å². The fraction of sp³-hybridized carbons (Fsp3) is 0.366. The SMILES string of the molecule is CC(C)[C@H](NC(=O)[C@H](C)NC(=O)[C@H](Cc1ccc(O)cc1)NC(=O)CNC(=O)[C@@H](N)Cc1ccc(O)cc1)C(=O)N[C@@H](CC(=O)O)C(=O)N[C@@H](Cc1ccc(O)cc1)C(=O)O. The van der Waals surface area contributed by atoms with Gasteiger partial charge < -0.3 is 63.2 Å². The van der Waals surface area contributed by atoms with Gasteiger partial charge in [0, 0.05) is 12.8 Å². The van der Waals surface area contributed by atoms with Crippen LogP contribution in [0.5, 0.6) is 17.2 Å². The van der Waals surface area contributed by atoms with Crippen molar-refractivity contribution in [2.45, 2.75) is 82.7 Å². The molecule has 0 saturated carbocycles. The molecule has 3 aromatic rings. The van der Waals surface area contributed by atoms with Crippen LogP contribution in [0.3, 0.4) is 0 Å². The summed E-state index contributed by atoms with van der Waals surface area (Å²) in [6.07, 6.45) is -1.20. The second kappa shape index (κ2) is 22.8. The number of carbonyl (C=O) groups excluding carboxylic acids is 6. The highest BCUT2D eigenvalue weighted by Gasteiger charge is 2.34. The molecule has 0 spiro atoms. The molecule has 20 heteroatoms. The van der Waals surface area contributed by atoms with Crippen molar-refractivity contribution in [3.63, 3.8) is 0 Å². The first kappa shape index (κ1) is 48.2. The van der Waals surface area contributed by atoms with Gasteiger partial charge in [-0.2, -0.15) is 0 Å². The van der Waals surface area contributed by atoms with Gasteiger partial charge in [0.1, 0.15) is 47.5 Å². The van der Waals surface area contributed by atoms with E-state index in [4.69, 9.17) is 5.73 Å². The van der Waals surface area contributed by atoms with Crippen LogP contribution < -0.4 is 37.6 Å². The van der Waals surface area contributed by atoms with Gasteiger partial charge in [-0.25, -0.2) is 4.79 Å². The summed E-state index contributed by atoms with van der Waals surface area (Å²) in [5, 5.41) is 62.3. The Morgan fingerprint density at radius 3 is 1.43 bits per heavy atom. The molecule has 0 fully saturated rings. The zero-order valence-corrected chi connectivity index (χ0v) is 33.6. The lowest BCUT2D eigenvalue weighted by molar-refractivity contribution is -0.143. The van der Waals surface area contributed by atoms with Gasteiger partial charge in [-0.15, -0.1) is 0 Å². The van der Waals surface area contributed by atoms with Crippen molar-refractivity contribution in [1.82, 2.24) is 31.9 Å². The van der Waals surface area contributed by atoms with Crippen molar-refractivity contribution in [3.8, 4) is 17.2 Å². The quantitative estimate of drug-likeness (QED) is 0.0573. The smallest absolute Gasteiger partial charge is 0.326 e. The van der Waals surface area contributed by atoms with Gasteiger partial charge >= 0.3 is 11.9 Å². The van der Waals surface area contributed by atoms with Gasteiger partial charge in [-0.05, 0) is 72.4 Å². The first-order valence-electron chi connectivity index (χ1n) is 19.0. The molecule has 13 N–H and O–H groups in total.